The lowest BCUT2D eigenvalue weighted by atomic mass is 10.1. The average Bonchev–Trinajstić information content (AvgIpc) is 2.62. The standard InChI is InChI=1S/C19H16IN3O/c20-18-5-1-4-17(11-18)19(24)23(13-15-6-9-21-10-7-15)14-16-3-2-8-22-12-16/h1-12H,13-14H2. The number of aromatic nitrogens is 2. The molecule has 0 unspecified atom stereocenters. The number of carbonyl (C=O) groups excluding carboxylic acids is 1. The summed E-state index contributed by atoms with van der Waals surface area (Å²) in [5, 5.41) is 0. The van der Waals surface area contributed by atoms with Gasteiger partial charge in [0.2, 0.25) is 0 Å². The molecule has 0 aliphatic heterocycles. The summed E-state index contributed by atoms with van der Waals surface area (Å²) in [5.41, 5.74) is 2.75. The van der Waals surface area contributed by atoms with Crippen molar-refractivity contribution in [2.75, 3.05) is 0 Å². The Morgan fingerprint density at radius 1 is 0.917 bits per heavy atom. The molecule has 0 radical (unpaired) electrons. The van der Waals surface area contributed by atoms with Gasteiger partial charge in [-0.3, -0.25) is 14.8 Å². The van der Waals surface area contributed by atoms with Gasteiger partial charge in [-0.25, -0.2) is 0 Å². The molecule has 120 valence electrons. The van der Waals surface area contributed by atoms with Crippen LogP contribution in [0.5, 0.6) is 0 Å². The van der Waals surface area contributed by atoms with E-state index in [4.69, 9.17) is 0 Å². The maximum Gasteiger partial charge on any atom is 0.254 e. The highest BCUT2D eigenvalue weighted by atomic mass is 127. The SMILES string of the molecule is O=C(c1cccc(I)c1)N(Cc1ccncc1)Cc1cccnc1. The normalized spacial score (nSPS) is 10.4. The Bertz CT molecular complexity index is 768. The minimum absolute atomic E-state index is 0.00850. The maximum absolute atomic E-state index is 13.0. The number of hydrogen-bond acceptors (Lipinski definition) is 3. The number of carbonyl (C=O) groups is 1. The number of nitrogens with zero attached hydrogens (tertiary/aromatic N) is 3. The van der Waals surface area contributed by atoms with Crippen molar-refractivity contribution in [1.82, 2.24) is 14.9 Å². The van der Waals surface area contributed by atoms with Crippen LogP contribution in [0.4, 0.5) is 0 Å². The summed E-state index contributed by atoms with van der Waals surface area (Å²) in [6, 6.07) is 15.4. The zero-order valence-corrected chi connectivity index (χ0v) is 15.1. The Morgan fingerprint density at radius 3 is 2.42 bits per heavy atom. The number of halogens is 1. The first-order valence-corrected chi connectivity index (χ1v) is 8.63. The molecule has 0 atom stereocenters. The maximum atomic E-state index is 13.0. The molecule has 0 saturated carbocycles. The Labute approximate surface area is 154 Å². The van der Waals surface area contributed by atoms with Gasteiger partial charge >= 0.3 is 0 Å². The van der Waals surface area contributed by atoms with Crippen molar-refractivity contribution in [3.05, 3.63) is 93.6 Å². The van der Waals surface area contributed by atoms with Gasteiger partial charge in [0.1, 0.15) is 0 Å². The number of hydrogen-bond donors (Lipinski definition) is 0. The van der Waals surface area contributed by atoms with E-state index in [1.807, 2.05) is 53.4 Å². The van der Waals surface area contributed by atoms with Gasteiger partial charge in [-0.2, -0.15) is 0 Å². The van der Waals surface area contributed by atoms with Crippen LogP contribution in [-0.4, -0.2) is 20.8 Å². The molecule has 24 heavy (non-hydrogen) atoms. The summed E-state index contributed by atoms with van der Waals surface area (Å²) in [4.78, 5) is 23.0. The van der Waals surface area contributed by atoms with Crippen LogP contribution >= 0.6 is 22.6 Å². The quantitative estimate of drug-likeness (QED) is 0.578. The molecule has 0 aliphatic rings. The van der Waals surface area contributed by atoms with Crippen LogP contribution in [0.3, 0.4) is 0 Å². The predicted octanol–water partition coefficient (Wildman–Crippen LogP) is 3.92. The van der Waals surface area contributed by atoms with Crippen LogP contribution in [0.2, 0.25) is 0 Å². The molecular weight excluding hydrogens is 413 g/mol. The Hall–Kier alpha value is -2.28. The Kier molecular flexibility index (Phi) is 5.53. The van der Waals surface area contributed by atoms with Crippen LogP contribution in [0.15, 0.2) is 73.3 Å². The van der Waals surface area contributed by atoms with Crippen molar-refractivity contribution in [3.63, 3.8) is 0 Å². The lowest BCUT2D eigenvalue weighted by molar-refractivity contribution is 0.0729. The molecule has 1 aromatic carbocycles. The van der Waals surface area contributed by atoms with E-state index >= 15 is 0 Å². The fraction of sp³-hybridized carbons (Fsp3) is 0.105. The van der Waals surface area contributed by atoms with Gasteiger partial charge in [0.25, 0.3) is 5.91 Å². The van der Waals surface area contributed by atoms with Gasteiger partial charge in [0.05, 0.1) is 0 Å². The van der Waals surface area contributed by atoms with Crippen molar-refractivity contribution in [2.45, 2.75) is 13.1 Å². The summed E-state index contributed by atoms with van der Waals surface area (Å²) >= 11 is 2.22. The molecule has 0 saturated heterocycles. The fourth-order valence-electron chi connectivity index (χ4n) is 2.42. The number of benzene rings is 1. The Balaban J connectivity index is 1.87. The van der Waals surface area contributed by atoms with Crippen LogP contribution < -0.4 is 0 Å². The van der Waals surface area contributed by atoms with Crippen molar-refractivity contribution in [3.8, 4) is 0 Å². The molecule has 0 spiro atoms. The van der Waals surface area contributed by atoms with E-state index in [-0.39, 0.29) is 5.91 Å². The van der Waals surface area contributed by atoms with Crippen molar-refractivity contribution in [2.24, 2.45) is 0 Å². The zero-order chi connectivity index (χ0) is 16.8. The van der Waals surface area contributed by atoms with Crippen LogP contribution in [-0.2, 0) is 13.1 Å². The summed E-state index contributed by atoms with van der Waals surface area (Å²) in [6.45, 7) is 1.04. The monoisotopic (exact) mass is 429 g/mol. The lowest BCUT2D eigenvalue weighted by Gasteiger charge is -2.23. The van der Waals surface area contributed by atoms with Gasteiger partial charge in [-0.1, -0.05) is 12.1 Å². The summed E-state index contributed by atoms with van der Waals surface area (Å²) in [6.07, 6.45) is 7.01. The second-order valence-corrected chi connectivity index (χ2v) is 6.63. The molecule has 3 aromatic rings. The van der Waals surface area contributed by atoms with E-state index in [9.17, 15) is 4.79 Å². The van der Waals surface area contributed by atoms with Gasteiger partial charge in [-0.05, 0) is 70.1 Å². The third kappa shape index (κ3) is 4.38. The van der Waals surface area contributed by atoms with Crippen molar-refractivity contribution < 1.29 is 4.79 Å². The molecule has 0 aliphatic carbocycles. The van der Waals surface area contributed by atoms with Gasteiger partial charge in [0, 0.05) is 47.0 Å². The smallest absolute Gasteiger partial charge is 0.254 e. The largest absolute Gasteiger partial charge is 0.330 e. The molecule has 5 heteroatoms. The molecule has 0 fully saturated rings. The molecule has 0 N–H and O–H groups in total. The third-order valence-electron chi connectivity index (χ3n) is 3.58. The van der Waals surface area contributed by atoms with E-state index in [0.29, 0.717) is 18.7 Å². The highest BCUT2D eigenvalue weighted by molar-refractivity contribution is 14.1. The second kappa shape index (κ2) is 8.01. The topological polar surface area (TPSA) is 46.1 Å². The van der Waals surface area contributed by atoms with Gasteiger partial charge in [0.15, 0.2) is 0 Å². The van der Waals surface area contributed by atoms with Crippen molar-refractivity contribution >= 4 is 28.5 Å². The predicted molar refractivity (Wildman–Crippen MR) is 101 cm³/mol. The van der Waals surface area contributed by atoms with E-state index in [1.54, 1.807) is 24.8 Å². The highest BCUT2D eigenvalue weighted by Crippen LogP contribution is 2.15. The first-order chi connectivity index (χ1) is 11.7. The van der Waals surface area contributed by atoms with Gasteiger partial charge in [-0.15, -0.1) is 0 Å². The van der Waals surface area contributed by atoms with E-state index in [0.717, 1.165) is 14.7 Å². The highest BCUT2D eigenvalue weighted by Gasteiger charge is 2.17. The molecule has 2 heterocycles. The molecule has 1 amide bonds. The number of rotatable bonds is 5. The minimum Gasteiger partial charge on any atom is -0.330 e. The fourth-order valence-corrected chi connectivity index (χ4v) is 2.97. The molecule has 2 aromatic heterocycles. The van der Waals surface area contributed by atoms with Crippen LogP contribution in [0.1, 0.15) is 21.5 Å². The summed E-state index contributed by atoms with van der Waals surface area (Å²) < 4.78 is 1.05. The summed E-state index contributed by atoms with van der Waals surface area (Å²) in [7, 11) is 0. The lowest BCUT2D eigenvalue weighted by Crippen LogP contribution is -2.30. The Morgan fingerprint density at radius 2 is 1.71 bits per heavy atom. The third-order valence-corrected chi connectivity index (χ3v) is 4.25. The minimum atomic E-state index is 0.00850. The van der Waals surface area contributed by atoms with Gasteiger partial charge < -0.3 is 4.90 Å². The molecule has 4 nitrogen and oxygen atoms in total. The molecule has 3 rings (SSSR count). The van der Waals surface area contributed by atoms with E-state index in [1.165, 1.54) is 0 Å². The van der Waals surface area contributed by atoms with E-state index < -0.39 is 0 Å². The average molecular weight is 429 g/mol. The van der Waals surface area contributed by atoms with Crippen LogP contribution in [0, 0.1) is 3.57 Å². The molecule has 0 bridgehead atoms. The van der Waals surface area contributed by atoms with Crippen LogP contribution in [0.25, 0.3) is 0 Å². The first-order valence-electron chi connectivity index (χ1n) is 7.55. The van der Waals surface area contributed by atoms with E-state index in [2.05, 4.69) is 32.6 Å². The second-order valence-electron chi connectivity index (χ2n) is 5.39. The summed E-state index contributed by atoms with van der Waals surface area (Å²) in [5.74, 6) is 0.00850. The first kappa shape index (κ1) is 16.6. The molecular formula is C19H16IN3O. The number of amides is 1. The number of pyridine rings is 2. The van der Waals surface area contributed by atoms with Crippen molar-refractivity contribution in [1.29, 1.82) is 0 Å². The zero-order valence-electron chi connectivity index (χ0n) is 13.0.